The molecule has 3 rings (SSSR count). The standard InChI is InChI=1S/C28H37N3O7/c1-17(2)26-19(4)9-10-24(34)29-11-5-7-18(3)13-20(32)14-21(33)15-25-30-22(16-37-25)27(35)31-12-6-8-23(31)28(36)38-26/h5,7-10,13,16-17,19-21,26,32-33H,6,11-12,14-15H2,1-4H3,(H,29,34)/b7-5+,10-9+,18-13+/t19-,20-,21-,26?/m1/s1. The zero-order valence-electron chi connectivity index (χ0n) is 22.3. The molecule has 3 N–H and O–H groups in total. The number of esters is 1. The highest BCUT2D eigenvalue weighted by Gasteiger charge is 2.33. The Balaban J connectivity index is 1.86. The van der Waals surface area contributed by atoms with E-state index in [0.29, 0.717) is 13.0 Å². The summed E-state index contributed by atoms with van der Waals surface area (Å²) >= 11 is 0. The molecule has 0 saturated carbocycles. The predicted molar refractivity (Wildman–Crippen MR) is 140 cm³/mol. The van der Waals surface area contributed by atoms with E-state index in [-0.39, 0.29) is 54.4 Å². The van der Waals surface area contributed by atoms with Gasteiger partial charge >= 0.3 is 5.97 Å². The van der Waals surface area contributed by atoms with Gasteiger partial charge in [0.2, 0.25) is 5.91 Å². The number of aromatic nitrogens is 1. The highest BCUT2D eigenvalue weighted by atomic mass is 16.5. The van der Waals surface area contributed by atoms with Gasteiger partial charge in [-0.1, -0.05) is 56.7 Å². The first-order chi connectivity index (χ1) is 18.0. The summed E-state index contributed by atoms with van der Waals surface area (Å²) in [5, 5.41) is 23.5. The monoisotopic (exact) mass is 527 g/mol. The van der Waals surface area contributed by atoms with Crippen molar-refractivity contribution in [1.29, 1.82) is 0 Å². The highest BCUT2D eigenvalue weighted by molar-refractivity contribution is 6.00. The lowest BCUT2D eigenvalue weighted by Gasteiger charge is -2.27. The van der Waals surface area contributed by atoms with Gasteiger partial charge < -0.3 is 29.6 Å². The molecule has 1 aromatic heterocycles. The maximum Gasteiger partial charge on any atom is 0.355 e. The average Bonchev–Trinajstić information content (AvgIpc) is 3.52. The van der Waals surface area contributed by atoms with Crippen LogP contribution >= 0.6 is 0 Å². The minimum Gasteiger partial charge on any atom is -0.457 e. The Morgan fingerprint density at radius 1 is 1.18 bits per heavy atom. The summed E-state index contributed by atoms with van der Waals surface area (Å²) in [5.74, 6) is -1.58. The first kappa shape index (κ1) is 29.1. The van der Waals surface area contributed by atoms with E-state index in [2.05, 4.69) is 10.3 Å². The molecule has 1 unspecified atom stereocenters. The van der Waals surface area contributed by atoms with Crippen LogP contribution in [-0.4, -0.2) is 69.3 Å². The summed E-state index contributed by atoms with van der Waals surface area (Å²) in [4.78, 5) is 44.0. The van der Waals surface area contributed by atoms with E-state index in [1.807, 2.05) is 20.8 Å². The molecule has 2 bridgehead atoms. The van der Waals surface area contributed by atoms with Gasteiger partial charge in [-0.3, -0.25) is 9.59 Å². The number of hydrogen-bond acceptors (Lipinski definition) is 8. The van der Waals surface area contributed by atoms with E-state index in [4.69, 9.17) is 9.15 Å². The van der Waals surface area contributed by atoms with Crippen molar-refractivity contribution >= 4 is 17.8 Å². The molecule has 0 aliphatic carbocycles. The van der Waals surface area contributed by atoms with Crippen molar-refractivity contribution in [2.24, 2.45) is 11.8 Å². The van der Waals surface area contributed by atoms with Gasteiger partial charge in [-0.05, 0) is 25.3 Å². The highest BCUT2D eigenvalue weighted by Crippen LogP contribution is 2.24. The van der Waals surface area contributed by atoms with E-state index in [9.17, 15) is 24.6 Å². The number of fused-ring (bicyclic) bond motifs is 3. The van der Waals surface area contributed by atoms with Crippen molar-refractivity contribution in [3.05, 3.63) is 65.6 Å². The molecule has 206 valence electrons. The lowest BCUT2D eigenvalue weighted by molar-refractivity contribution is -0.149. The van der Waals surface area contributed by atoms with Gasteiger partial charge in [-0.2, -0.15) is 0 Å². The van der Waals surface area contributed by atoms with Gasteiger partial charge in [-0.15, -0.1) is 0 Å². The number of aliphatic hydroxyl groups excluding tert-OH is 2. The number of nitrogens with one attached hydrogen (secondary N) is 1. The topological polar surface area (TPSA) is 142 Å². The number of amides is 2. The number of allylic oxidation sites excluding steroid dienone is 2. The molecule has 2 aliphatic heterocycles. The van der Waals surface area contributed by atoms with Crippen LogP contribution in [0, 0.1) is 11.8 Å². The van der Waals surface area contributed by atoms with Gasteiger partial charge in [0, 0.05) is 25.4 Å². The number of carbonyl (C=O) groups is 3. The Hall–Kier alpha value is -3.50. The molecule has 4 atom stereocenters. The number of cyclic esters (lactones) is 1. The first-order valence-corrected chi connectivity index (χ1v) is 12.9. The van der Waals surface area contributed by atoms with Crippen LogP contribution in [0.1, 0.15) is 56.9 Å². The maximum absolute atomic E-state index is 13.1. The van der Waals surface area contributed by atoms with Crippen LogP contribution in [0.3, 0.4) is 0 Å². The minimum atomic E-state index is -0.959. The predicted octanol–water partition coefficient (Wildman–Crippen LogP) is 2.45. The average molecular weight is 528 g/mol. The normalized spacial score (nSPS) is 29.6. The van der Waals surface area contributed by atoms with E-state index in [1.165, 1.54) is 17.2 Å². The minimum absolute atomic E-state index is 0.00476. The van der Waals surface area contributed by atoms with Crippen LogP contribution in [0.15, 0.2) is 58.4 Å². The lowest BCUT2D eigenvalue weighted by atomic mass is 9.94. The third-order valence-electron chi connectivity index (χ3n) is 6.33. The fourth-order valence-corrected chi connectivity index (χ4v) is 4.44. The van der Waals surface area contributed by atoms with Crippen molar-refractivity contribution in [3.63, 3.8) is 0 Å². The largest absolute Gasteiger partial charge is 0.457 e. The quantitative estimate of drug-likeness (QED) is 0.473. The van der Waals surface area contributed by atoms with Gasteiger partial charge in [0.05, 0.1) is 18.6 Å². The molecule has 38 heavy (non-hydrogen) atoms. The van der Waals surface area contributed by atoms with Gasteiger partial charge in [0.1, 0.15) is 18.1 Å². The van der Waals surface area contributed by atoms with E-state index >= 15 is 0 Å². The Morgan fingerprint density at radius 3 is 2.68 bits per heavy atom. The Kier molecular flexibility index (Phi) is 10.2. The van der Waals surface area contributed by atoms with Crippen molar-refractivity contribution in [1.82, 2.24) is 15.2 Å². The molecule has 2 amide bonds. The van der Waals surface area contributed by atoms with Crippen LogP contribution in [0.2, 0.25) is 0 Å². The van der Waals surface area contributed by atoms with Crippen molar-refractivity contribution in [2.75, 3.05) is 13.1 Å². The second kappa shape index (κ2) is 13.3. The number of nitrogens with zero attached hydrogens (tertiary/aromatic N) is 2. The van der Waals surface area contributed by atoms with Crippen molar-refractivity contribution < 1.29 is 33.8 Å². The molecule has 1 aromatic rings. The van der Waals surface area contributed by atoms with Gasteiger partial charge in [-0.25, -0.2) is 9.78 Å². The third kappa shape index (κ3) is 8.00. The number of rotatable bonds is 1. The second-order valence-corrected chi connectivity index (χ2v) is 10.0. The molecule has 0 saturated heterocycles. The Bertz CT molecular complexity index is 1130. The lowest BCUT2D eigenvalue weighted by Crippen LogP contribution is -2.36. The van der Waals surface area contributed by atoms with E-state index < -0.39 is 30.2 Å². The van der Waals surface area contributed by atoms with Gasteiger partial charge in [0.25, 0.3) is 5.91 Å². The summed E-state index contributed by atoms with van der Waals surface area (Å²) in [6.07, 6.45) is 9.22. The number of oxazole rings is 1. The maximum atomic E-state index is 13.1. The molecule has 0 radical (unpaired) electrons. The molecular formula is C28H37N3O7. The van der Waals surface area contributed by atoms with E-state index in [0.717, 1.165) is 5.57 Å². The molecule has 10 nitrogen and oxygen atoms in total. The number of ether oxygens (including phenoxy) is 1. The summed E-state index contributed by atoms with van der Waals surface area (Å²) in [7, 11) is 0. The molecule has 0 spiro atoms. The zero-order valence-corrected chi connectivity index (χ0v) is 22.3. The fraction of sp³-hybridized carbons (Fsp3) is 0.500. The number of hydrogen-bond donors (Lipinski definition) is 3. The van der Waals surface area contributed by atoms with Crippen LogP contribution < -0.4 is 5.32 Å². The SMILES string of the molecule is CC1=C\[C@@H](O)C[C@@H](O)Cc2nc(co2)C(=O)N2CCC=C2C(=O)OC(C(C)C)[C@H](C)/C=C/C(=O)NC\C=C\1. The van der Waals surface area contributed by atoms with Crippen molar-refractivity contribution in [2.45, 2.75) is 65.3 Å². The summed E-state index contributed by atoms with van der Waals surface area (Å²) in [5.41, 5.74) is 0.909. The smallest absolute Gasteiger partial charge is 0.355 e. The molecule has 2 aliphatic rings. The molecule has 3 heterocycles. The number of aliphatic hydroxyl groups is 2. The summed E-state index contributed by atoms with van der Waals surface area (Å²) < 4.78 is 11.2. The zero-order chi connectivity index (χ0) is 27.8. The second-order valence-electron chi connectivity index (χ2n) is 10.0. The Labute approximate surface area is 222 Å². The number of carbonyl (C=O) groups excluding carboxylic acids is 3. The van der Waals surface area contributed by atoms with Crippen molar-refractivity contribution in [3.8, 4) is 0 Å². The molecule has 0 fully saturated rings. The molecule has 10 heteroatoms. The third-order valence-corrected chi connectivity index (χ3v) is 6.33. The molecule has 0 aromatic carbocycles. The van der Waals surface area contributed by atoms with Crippen LogP contribution in [0.4, 0.5) is 0 Å². The first-order valence-electron chi connectivity index (χ1n) is 12.9. The summed E-state index contributed by atoms with van der Waals surface area (Å²) in [6, 6.07) is 0. The Morgan fingerprint density at radius 2 is 1.95 bits per heavy atom. The van der Waals surface area contributed by atoms with Crippen LogP contribution in [0.5, 0.6) is 0 Å². The van der Waals surface area contributed by atoms with Crippen LogP contribution in [-0.2, 0) is 20.7 Å². The fourth-order valence-electron chi connectivity index (χ4n) is 4.44. The summed E-state index contributed by atoms with van der Waals surface area (Å²) in [6.45, 7) is 8.08. The van der Waals surface area contributed by atoms with Crippen LogP contribution in [0.25, 0.3) is 0 Å². The molecular weight excluding hydrogens is 490 g/mol. The van der Waals surface area contributed by atoms with Gasteiger partial charge in [0.15, 0.2) is 11.6 Å². The van der Waals surface area contributed by atoms with E-state index in [1.54, 1.807) is 37.3 Å².